The Bertz CT molecular complexity index is 1120. The molecule has 168 valence electrons. The minimum Gasteiger partial charge on any atom is -0.481 e. The van der Waals surface area contributed by atoms with Crippen molar-refractivity contribution in [3.8, 4) is 0 Å². The van der Waals surface area contributed by atoms with E-state index in [-0.39, 0.29) is 51.3 Å². The number of nitrogen functional groups attached to an aromatic ring is 1. The number of nitrogens with two attached hydrogens (primary N) is 2. The van der Waals surface area contributed by atoms with Gasteiger partial charge < -0.3 is 21.6 Å². The van der Waals surface area contributed by atoms with E-state index in [2.05, 4.69) is 20.0 Å². The van der Waals surface area contributed by atoms with E-state index in [0.717, 1.165) is 25.7 Å². The number of anilines is 1. The Morgan fingerprint density at radius 1 is 1.31 bits per heavy atom. The number of aliphatic carboxylic acids is 1. The Balaban J connectivity index is 1.76. The number of aromatic nitrogens is 2. The molecule has 2 aromatic rings. The first kappa shape index (κ1) is 21.9. The summed E-state index contributed by atoms with van der Waals surface area (Å²) in [5, 5.41) is 18.5. The Morgan fingerprint density at radius 2 is 2.00 bits per heavy atom. The van der Waals surface area contributed by atoms with Crippen LogP contribution in [-0.4, -0.2) is 44.5 Å². The first-order valence-corrected chi connectivity index (χ1v) is 10.6. The molecule has 32 heavy (non-hydrogen) atoms. The molecule has 9 nitrogen and oxygen atoms in total. The zero-order chi connectivity index (χ0) is 23.0. The summed E-state index contributed by atoms with van der Waals surface area (Å²) in [7, 11) is 0. The molecule has 3 aliphatic carbocycles. The van der Waals surface area contributed by atoms with Gasteiger partial charge in [-0.25, -0.2) is 14.4 Å². The van der Waals surface area contributed by atoms with Gasteiger partial charge in [-0.05, 0) is 49.7 Å². The summed E-state index contributed by atoms with van der Waals surface area (Å²) in [5.74, 6) is -2.42. The lowest BCUT2D eigenvalue weighted by Crippen LogP contribution is -2.47. The van der Waals surface area contributed by atoms with Crippen molar-refractivity contribution in [3.63, 3.8) is 0 Å². The lowest BCUT2D eigenvalue weighted by molar-refractivity contribution is -0.148. The number of aliphatic imine (C=N–C) groups is 2. The van der Waals surface area contributed by atoms with Crippen molar-refractivity contribution in [1.29, 1.82) is 5.41 Å². The predicted molar refractivity (Wildman–Crippen MR) is 120 cm³/mol. The average molecular weight is 460 g/mol. The standard InChI is InChI=1S/C21H23ClFN7O2/c22-11-7-12(18(25)28-8-11)15(24)19(26)30-20(17-13(23)5-6-27-17)29-16-10-3-1-9(2-4-10)14(16)21(31)32/h5-10,14,16,24,27H,1-4H2,(H2,25,28)(H,31,32)(H2,26,29,30)/t9?,10?,14-,16-/m0/s1. The first-order chi connectivity index (χ1) is 15.3. The van der Waals surface area contributed by atoms with E-state index >= 15 is 0 Å². The first-order valence-electron chi connectivity index (χ1n) is 10.2. The van der Waals surface area contributed by atoms with Gasteiger partial charge in [-0.15, -0.1) is 0 Å². The van der Waals surface area contributed by atoms with Gasteiger partial charge in [0.15, 0.2) is 17.5 Å². The van der Waals surface area contributed by atoms with Crippen molar-refractivity contribution in [2.75, 3.05) is 5.73 Å². The summed E-state index contributed by atoms with van der Waals surface area (Å²) >= 11 is 5.95. The molecule has 0 spiro atoms. The third-order valence-corrected chi connectivity index (χ3v) is 6.50. The highest BCUT2D eigenvalue weighted by atomic mass is 35.5. The van der Waals surface area contributed by atoms with Crippen LogP contribution in [0, 0.1) is 29.0 Å². The Hall–Kier alpha value is -3.27. The van der Waals surface area contributed by atoms with Crippen LogP contribution in [-0.2, 0) is 4.79 Å². The number of hydrogen-bond acceptors (Lipinski definition) is 5. The highest BCUT2D eigenvalue weighted by Gasteiger charge is 2.47. The summed E-state index contributed by atoms with van der Waals surface area (Å²) in [6.07, 6.45) is 6.14. The van der Waals surface area contributed by atoms with E-state index in [4.69, 9.17) is 28.5 Å². The third kappa shape index (κ3) is 4.10. The maximum Gasteiger partial charge on any atom is 0.308 e. The van der Waals surface area contributed by atoms with Crippen molar-refractivity contribution in [2.45, 2.75) is 31.7 Å². The van der Waals surface area contributed by atoms with Crippen molar-refractivity contribution in [3.05, 3.63) is 46.6 Å². The highest BCUT2D eigenvalue weighted by molar-refractivity contribution is 6.48. The molecule has 11 heteroatoms. The SMILES string of the molecule is N=C(C(N)=NC(=N[C@H]1C2CCC(CC2)[C@@H]1C(=O)O)c1[nH]ccc1F)c1cc(Cl)cnc1N. The van der Waals surface area contributed by atoms with Crippen LogP contribution >= 0.6 is 11.6 Å². The molecule has 2 bridgehead atoms. The largest absolute Gasteiger partial charge is 0.481 e. The number of carboxylic acid groups (broad SMARTS) is 1. The second-order valence-corrected chi connectivity index (χ2v) is 8.58. The molecule has 3 fully saturated rings. The summed E-state index contributed by atoms with van der Waals surface area (Å²) in [6.45, 7) is 0. The van der Waals surface area contributed by atoms with Crippen LogP contribution in [0.15, 0.2) is 34.5 Å². The fourth-order valence-electron chi connectivity index (χ4n) is 4.72. The second-order valence-electron chi connectivity index (χ2n) is 8.14. The van der Waals surface area contributed by atoms with Crippen molar-refractivity contribution >= 4 is 40.8 Å². The van der Waals surface area contributed by atoms with Gasteiger partial charge in [0.05, 0.1) is 17.0 Å². The molecule has 0 amide bonds. The average Bonchev–Trinajstić information content (AvgIpc) is 3.20. The van der Waals surface area contributed by atoms with Gasteiger partial charge in [-0.3, -0.25) is 15.2 Å². The number of halogens is 2. The number of carboxylic acids is 1. The number of rotatable bonds is 5. The van der Waals surface area contributed by atoms with Gasteiger partial charge in [0.25, 0.3) is 0 Å². The molecule has 2 atom stereocenters. The number of hydrogen-bond donors (Lipinski definition) is 5. The smallest absolute Gasteiger partial charge is 0.308 e. The fraction of sp³-hybridized carbons (Fsp3) is 0.381. The number of amidine groups is 2. The molecule has 5 rings (SSSR count). The topological polar surface area (TPSA) is 167 Å². The van der Waals surface area contributed by atoms with Gasteiger partial charge in [-0.2, -0.15) is 0 Å². The number of pyridine rings is 1. The number of nitrogens with one attached hydrogen (secondary N) is 2. The molecule has 0 aliphatic heterocycles. The van der Waals surface area contributed by atoms with Crippen LogP contribution in [0.25, 0.3) is 0 Å². The predicted octanol–water partition coefficient (Wildman–Crippen LogP) is 2.85. The Morgan fingerprint density at radius 3 is 2.62 bits per heavy atom. The van der Waals surface area contributed by atoms with E-state index < -0.39 is 23.7 Å². The van der Waals surface area contributed by atoms with Gasteiger partial charge >= 0.3 is 5.97 Å². The van der Waals surface area contributed by atoms with E-state index in [1.807, 2.05) is 0 Å². The zero-order valence-corrected chi connectivity index (χ0v) is 17.8. The maximum absolute atomic E-state index is 14.4. The van der Waals surface area contributed by atoms with Crippen LogP contribution in [0.1, 0.15) is 36.9 Å². The molecule has 7 N–H and O–H groups in total. The van der Waals surface area contributed by atoms with Crippen molar-refractivity contribution < 1.29 is 14.3 Å². The second kappa shape index (κ2) is 8.70. The number of aromatic amines is 1. The molecular formula is C21H23ClFN7O2. The van der Waals surface area contributed by atoms with E-state index in [1.54, 1.807) is 0 Å². The van der Waals surface area contributed by atoms with E-state index in [0.29, 0.717) is 0 Å². The summed E-state index contributed by atoms with van der Waals surface area (Å²) in [6, 6.07) is 2.09. The van der Waals surface area contributed by atoms with Crippen LogP contribution in [0.3, 0.4) is 0 Å². The zero-order valence-electron chi connectivity index (χ0n) is 17.1. The Kier molecular flexibility index (Phi) is 5.96. The molecule has 0 saturated heterocycles. The van der Waals surface area contributed by atoms with Gasteiger partial charge in [0.1, 0.15) is 17.2 Å². The minimum atomic E-state index is -0.915. The molecule has 0 unspecified atom stereocenters. The molecule has 0 radical (unpaired) electrons. The minimum absolute atomic E-state index is 0.0245. The van der Waals surface area contributed by atoms with Gasteiger partial charge in [0.2, 0.25) is 0 Å². The molecule has 0 aromatic carbocycles. The molecule has 3 saturated carbocycles. The summed E-state index contributed by atoms with van der Waals surface area (Å²) < 4.78 is 14.4. The Labute approximate surface area is 188 Å². The van der Waals surface area contributed by atoms with Crippen LogP contribution < -0.4 is 11.5 Å². The fourth-order valence-corrected chi connectivity index (χ4v) is 4.88. The quantitative estimate of drug-likeness (QED) is 0.341. The molecular weight excluding hydrogens is 437 g/mol. The maximum atomic E-state index is 14.4. The molecule has 3 aliphatic rings. The lowest BCUT2D eigenvalue weighted by atomic mass is 9.62. The van der Waals surface area contributed by atoms with Crippen LogP contribution in [0.2, 0.25) is 5.02 Å². The highest BCUT2D eigenvalue weighted by Crippen LogP contribution is 2.47. The monoisotopic (exact) mass is 459 g/mol. The number of H-pyrrole nitrogens is 1. The lowest BCUT2D eigenvalue weighted by Gasteiger charge is -2.45. The number of carbonyl (C=O) groups is 1. The van der Waals surface area contributed by atoms with Crippen molar-refractivity contribution in [2.24, 2.45) is 33.5 Å². The molecule has 2 aromatic heterocycles. The van der Waals surface area contributed by atoms with Crippen LogP contribution in [0.4, 0.5) is 10.2 Å². The van der Waals surface area contributed by atoms with Gasteiger partial charge in [-0.1, -0.05) is 11.6 Å². The summed E-state index contributed by atoms with van der Waals surface area (Å²) in [4.78, 5) is 27.5. The van der Waals surface area contributed by atoms with E-state index in [1.165, 1.54) is 24.5 Å². The molecule has 2 heterocycles. The summed E-state index contributed by atoms with van der Waals surface area (Å²) in [5.41, 5.74) is 11.8. The van der Waals surface area contributed by atoms with Gasteiger partial charge in [0, 0.05) is 18.0 Å². The van der Waals surface area contributed by atoms with Crippen LogP contribution in [0.5, 0.6) is 0 Å². The number of nitrogens with zero attached hydrogens (tertiary/aromatic N) is 3. The van der Waals surface area contributed by atoms with Crippen molar-refractivity contribution in [1.82, 2.24) is 9.97 Å². The third-order valence-electron chi connectivity index (χ3n) is 6.29. The normalized spacial score (nSPS) is 25.7. The number of fused-ring (bicyclic) bond motifs is 3. The van der Waals surface area contributed by atoms with E-state index in [9.17, 15) is 14.3 Å².